The van der Waals surface area contributed by atoms with Crippen LogP contribution in [0, 0.1) is 11.3 Å². The van der Waals surface area contributed by atoms with E-state index in [-0.39, 0.29) is 5.95 Å². The summed E-state index contributed by atoms with van der Waals surface area (Å²) >= 11 is 0. The molecule has 0 bridgehead atoms. The van der Waals surface area contributed by atoms with Crippen molar-refractivity contribution in [3.8, 4) is 17.5 Å². The van der Waals surface area contributed by atoms with E-state index in [1.54, 1.807) is 18.3 Å². The van der Waals surface area contributed by atoms with Crippen LogP contribution < -0.4 is 5.73 Å². The molecule has 0 amide bonds. The Kier molecular flexibility index (Phi) is 4.15. The van der Waals surface area contributed by atoms with E-state index in [4.69, 9.17) is 15.1 Å². The molecule has 1 aliphatic rings. The highest BCUT2D eigenvalue weighted by Crippen LogP contribution is 2.38. The van der Waals surface area contributed by atoms with Gasteiger partial charge in [-0.05, 0) is 40.6 Å². The van der Waals surface area contributed by atoms with Crippen molar-refractivity contribution >= 4 is 22.9 Å². The van der Waals surface area contributed by atoms with Crippen molar-refractivity contribution in [2.75, 3.05) is 5.73 Å². The van der Waals surface area contributed by atoms with Crippen LogP contribution in [0.4, 0.5) is 5.95 Å². The molecule has 0 fully saturated rings. The van der Waals surface area contributed by atoms with Crippen molar-refractivity contribution in [3.63, 3.8) is 0 Å². The molecule has 30 heavy (non-hydrogen) atoms. The van der Waals surface area contributed by atoms with Crippen molar-refractivity contribution in [1.29, 1.82) is 5.26 Å². The van der Waals surface area contributed by atoms with Gasteiger partial charge in [-0.15, -0.1) is 0 Å². The quantitative estimate of drug-likeness (QED) is 0.555. The molecule has 4 aromatic rings. The highest BCUT2D eigenvalue weighted by Gasteiger charge is 2.37. The first-order valence-corrected chi connectivity index (χ1v) is 9.51. The summed E-state index contributed by atoms with van der Waals surface area (Å²) < 4.78 is 5.48. The molecule has 2 N–H and O–H groups in total. The van der Waals surface area contributed by atoms with Crippen LogP contribution in [0.25, 0.3) is 22.2 Å². The lowest BCUT2D eigenvalue weighted by Gasteiger charge is -2.26. The Bertz CT molecular complexity index is 1330. The van der Waals surface area contributed by atoms with Gasteiger partial charge in [0.15, 0.2) is 5.76 Å². The SMILES string of the molecule is N#Cc1c(-c2ccco2)nc(N)nc1C1(Cc2ccc3ccccc3c2)C=CC=N1. The van der Waals surface area contributed by atoms with E-state index >= 15 is 0 Å². The van der Waals surface area contributed by atoms with E-state index in [9.17, 15) is 5.26 Å². The zero-order chi connectivity index (χ0) is 20.6. The van der Waals surface area contributed by atoms with Gasteiger partial charge >= 0.3 is 0 Å². The maximum atomic E-state index is 9.98. The van der Waals surface area contributed by atoms with Crippen LogP contribution in [0.3, 0.4) is 0 Å². The largest absolute Gasteiger partial charge is 0.463 e. The van der Waals surface area contributed by atoms with Crippen LogP contribution in [-0.4, -0.2) is 16.2 Å². The van der Waals surface area contributed by atoms with Gasteiger partial charge in [-0.25, -0.2) is 9.97 Å². The number of nitrogen functional groups attached to an aromatic ring is 1. The van der Waals surface area contributed by atoms with E-state index in [2.05, 4.69) is 46.4 Å². The fraction of sp³-hybridized carbons (Fsp3) is 0.0833. The monoisotopic (exact) mass is 391 g/mol. The Balaban J connectivity index is 1.67. The van der Waals surface area contributed by atoms with Gasteiger partial charge in [0, 0.05) is 12.6 Å². The average Bonchev–Trinajstić information content (AvgIpc) is 3.46. The first kappa shape index (κ1) is 17.8. The standard InChI is InChI=1S/C24H17N5O/c25-15-19-21(20-7-3-12-30-20)28-23(26)29-22(19)24(10-4-11-27-24)14-16-8-9-17-5-1-2-6-18(17)13-16/h1-13H,14H2,(H2,26,28,29). The molecule has 144 valence electrons. The Labute approximate surface area is 173 Å². The number of benzene rings is 2. The number of aliphatic imine (C=N–C) groups is 1. The van der Waals surface area contributed by atoms with E-state index in [0.717, 1.165) is 10.9 Å². The molecule has 0 radical (unpaired) electrons. The molecule has 6 heteroatoms. The predicted octanol–water partition coefficient (Wildman–Crippen LogP) is 4.42. The van der Waals surface area contributed by atoms with Crippen LogP contribution in [0.5, 0.6) is 0 Å². The summed E-state index contributed by atoms with van der Waals surface area (Å²) in [6, 6.07) is 20.2. The average molecular weight is 391 g/mol. The highest BCUT2D eigenvalue weighted by atomic mass is 16.3. The molecular weight excluding hydrogens is 374 g/mol. The first-order valence-electron chi connectivity index (χ1n) is 9.51. The molecule has 5 rings (SSSR count). The number of furan rings is 1. The van der Waals surface area contributed by atoms with Crippen molar-refractivity contribution in [1.82, 2.24) is 9.97 Å². The molecule has 2 aromatic carbocycles. The van der Waals surface area contributed by atoms with Gasteiger partial charge in [0.2, 0.25) is 5.95 Å². The van der Waals surface area contributed by atoms with Gasteiger partial charge in [-0.3, -0.25) is 4.99 Å². The fourth-order valence-electron chi connectivity index (χ4n) is 3.90. The second-order valence-electron chi connectivity index (χ2n) is 7.16. The molecule has 0 aliphatic carbocycles. The van der Waals surface area contributed by atoms with E-state index in [1.165, 1.54) is 11.6 Å². The van der Waals surface area contributed by atoms with E-state index in [0.29, 0.717) is 29.1 Å². The fourth-order valence-corrected chi connectivity index (χ4v) is 3.90. The number of nitriles is 1. The van der Waals surface area contributed by atoms with Crippen molar-refractivity contribution in [2.24, 2.45) is 4.99 Å². The minimum Gasteiger partial charge on any atom is -0.463 e. The molecule has 2 aromatic heterocycles. The lowest BCUT2D eigenvalue weighted by atomic mass is 9.85. The molecule has 6 nitrogen and oxygen atoms in total. The van der Waals surface area contributed by atoms with Crippen LogP contribution in [0.15, 0.2) is 82.4 Å². The Morgan fingerprint density at radius 2 is 1.90 bits per heavy atom. The van der Waals surface area contributed by atoms with Gasteiger partial charge < -0.3 is 10.2 Å². The molecule has 1 aliphatic heterocycles. The first-order chi connectivity index (χ1) is 14.7. The topological polar surface area (TPSA) is 101 Å². The van der Waals surface area contributed by atoms with Crippen LogP contribution in [-0.2, 0) is 12.0 Å². The van der Waals surface area contributed by atoms with Gasteiger partial charge in [-0.2, -0.15) is 5.26 Å². The summed E-state index contributed by atoms with van der Waals surface area (Å²) in [6.45, 7) is 0. The van der Waals surface area contributed by atoms with Crippen LogP contribution in [0.2, 0.25) is 0 Å². The second-order valence-corrected chi connectivity index (χ2v) is 7.16. The molecular formula is C24H17N5O. The number of nitrogens with zero attached hydrogens (tertiary/aromatic N) is 4. The van der Waals surface area contributed by atoms with Gasteiger partial charge in [-0.1, -0.05) is 42.5 Å². The Morgan fingerprint density at radius 3 is 2.63 bits per heavy atom. The molecule has 0 saturated heterocycles. The zero-order valence-corrected chi connectivity index (χ0v) is 16.0. The van der Waals surface area contributed by atoms with Crippen molar-refractivity contribution in [2.45, 2.75) is 12.0 Å². The number of hydrogen-bond acceptors (Lipinski definition) is 6. The summed E-state index contributed by atoms with van der Waals surface area (Å²) in [4.78, 5) is 13.5. The number of fused-ring (bicyclic) bond motifs is 1. The summed E-state index contributed by atoms with van der Waals surface area (Å²) in [5, 5.41) is 12.3. The van der Waals surface area contributed by atoms with Crippen molar-refractivity contribution < 1.29 is 4.42 Å². The van der Waals surface area contributed by atoms with Gasteiger partial charge in [0.25, 0.3) is 0 Å². The lowest BCUT2D eigenvalue weighted by molar-refractivity contribution is 0.549. The minimum atomic E-state index is -0.841. The number of nitrogens with two attached hydrogens (primary N) is 1. The number of rotatable bonds is 4. The maximum absolute atomic E-state index is 9.98. The second kappa shape index (κ2) is 6.98. The molecule has 1 atom stereocenters. The van der Waals surface area contributed by atoms with E-state index in [1.807, 2.05) is 24.3 Å². The minimum absolute atomic E-state index is 0.0730. The molecule has 0 spiro atoms. The van der Waals surface area contributed by atoms with Crippen molar-refractivity contribution in [3.05, 3.63) is 89.8 Å². The number of allylic oxidation sites excluding steroid dienone is 1. The summed E-state index contributed by atoms with van der Waals surface area (Å²) in [5.74, 6) is 0.539. The van der Waals surface area contributed by atoms with Gasteiger partial charge in [0.1, 0.15) is 22.9 Å². The van der Waals surface area contributed by atoms with Crippen LogP contribution >= 0.6 is 0 Å². The predicted molar refractivity (Wildman–Crippen MR) is 116 cm³/mol. The number of hydrogen-bond donors (Lipinski definition) is 1. The Morgan fingerprint density at radius 1 is 1.03 bits per heavy atom. The molecule has 0 saturated carbocycles. The van der Waals surface area contributed by atoms with Crippen LogP contribution in [0.1, 0.15) is 16.8 Å². The summed E-state index contributed by atoms with van der Waals surface area (Å²) in [7, 11) is 0. The number of anilines is 1. The van der Waals surface area contributed by atoms with Gasteiger partial charge in [0.05, 0.1) is 12.0 Å². The highest BCUT2D eigenvalue weighted by molar-refractivity contribution is 5.83. The zero-order valence-electron chi connectivity index (χ0n) is 16.0. The maximum Gasteiger partial charge on any atom is 0.221 e. The Hall–Kier alpha value is -4.24. The molecule has 1 unspecified atom stereocenters. The third-order valence-electron chi connectivity index (χ3n) is 5.25. The lowest BCUT2D eigenvalue weighted by Crippen LogP contribution is -2.27. The normalized spacial score (nSPS) is 17.4. The third kappa shape index (κ3) is 2.93. The van der Waals surface area contributed by atoms with E-state index < -0.39 is 5.54 Å². The smallest absolute Gasteiger partial charge is 0.221 e. The third-order valence-corrected chi connectivity index (χ3v) is 5.25. The molecule has 3 heterocycles. The number of aromatic nitrogens is 2. The summed E-state index contributed by atoms with van der Waals surface area (Å²) in [6.07, 6.45) is 7.62. The summed E-state index contributed by atoms with van der Waals surface area (Å²) in [5.41, 5.74) is 7.43.